The van der Waals surface area contributed by atoms with E-state index < -0.39 is 30.4 Å². The van der Waals surface area contributed by atoms with Crippen molar-refractivity contribution in [2.24, 2.45) is 11.0 Å². The normalized spacial score (nSPS) is 18.9. The molecule has 42 heavy (non-hydrogen) atoms. The summed E-state index contributed by atoms with van der Waals surface area (Å²) in [6.45, 7) is 3.01. The zero-order chi connectivity index (χ0) is 29.8. The molecule has 1 saturated carbocycles. The Balaban J connectivity index is 1.52. The van der Waals surface area contributed by atoms with Crippen LogP contribution in [0.15, 0.2) is 59.2 Å². The molecule has 10 nitrogen and oxygen atoms in total. The monoisotopic (exact) mass is 609 g/mol. The van der Waals surface area contributed by atoms with Crippen molar-refractivity contribution in [3.8, 4) is 0 Å². The van der Waals surface area contributed by atoms with E-state index in [2.05, 4.69) is 16.4 Å². The van der Waals surface area contributed by atoms with Gasteiger partial charge in [0.15, 0.2) is 5.69 Å². The molecule has 2 atom stereocenters. The van der Waals surface area contributed by atoms with E-state index in [1.165, 1.54) is 5.01 Å². The average Bonchev–Trinajstić information content (AvgIpc) is 3.58. The van der Waals surface area contributed by atoms with E-state index in [0.29, 0.717) is 10.0 Å². The lowest BCUT2D eigenvalue weighted by Crippen LogP contribution is -2.34. The number of benzene rings is 2. The van der Waals surface area contributed by atoms with Crippen LogP contribution in [0.3, 0.4) is 0 Å². The van der Waals surface area contributed by atoms with Crippen molar-refractivity contribution in [2.75, 3.05) is 13.2 Å². The molecule has 2 aromatic carbocycles. The van der Waals surface area contributed by atoms with Gasteiger partial charge >= 0.3 is 11.9 Å². The minimum absolute atomic E-state index is 0.0576. The molecule has 0 radical (unpaired) electrons. The van der Waals surface area contributed by atoms with Gasteiger partial charge in [-0.2, -0.15) is 5.10 Å². The number of halogens is 2. The summed E-state index contributed by atoms with van der Waals surface area (Å²) in [5, 5.41) is 15.3. The molecule has 2 aliphatic rings. The number of nitrogens with zero attached hydrogens (tertiary/aromatic N) is 5. The number of esters is 2. The summed E-state index contributed by atoms with van der Waals surface area (Å²) in [4.78, 5) is 39.2. The van der Waals surface area contributed by atoms with Crippen molar-refractivity contribution < 1.29 is 23.9 Å². The molecule has 0 spiro atoms. The second-order valence-corrected chi connectivity index (χ2v) is 10.7. The number of amides is 1. The number of rotatable bonds is 8. The van der Waals surface area contributed by atoms with Gasteiger partial charge in [-0.15, -0.1) is 5.10 Å². The van der Waals surface area contributed by atoms with Crippen LogP contribution in [0.2, 0.25) is 10.0 Å². The van der Waals surface area contributed by atoms with Gasteiger partial charge in [-0.1, -0.05) is 52.7 Å². The van der Waals surface area contributed by atoms with E-state index >= 15 is 0 Å². The molecule has 0 bridgehead atoms. The van der Waals surface area contributed by atoms with Gasteiger partial charge in [0.2, 0.25) is 5.69 Å². The lowest BCUT2D eigenvalue weighted by atomic mass is 9.77. The van der Waals surface area contributed by atoms with Gasteiger partial charge in [0.25, 0.3) is 5.91 Å². The second-order valence-electron chi connectivity index (χ2n) is 9.83. The third kappa shape index (κ3) is 6.10. The number of fused-ring (bicyclic) bond motifs is 1. The van der Waals surface area contributed by atoms with Gasteiger partial charge in [0.1, 0.15) is 6.54 Å². The van der Waals surface area contributed by atoms with Crippen molar-refractivity contribution in [2.45, 2.75) is 45.7 Å². The predicted molar refractivity (Wildman–Crippen MR) is 157 cm³/mol. The van der Waals surface area contributed by atoms with Crippen LogP contribution in [-0.2, 0) is 20.8 Å². The van der Waals surface area contributed by atoms with E-state index in [1.54, 1.807) is 26.0 Å². The van der Waals surface area contributed by atoms with Crippen molar-refractivity contribution in [3.05, 3.63) is 86.7 Å². The first-order valence-electron chi connectivity index (χ1n) is 13.7. The molecule has 3 aromatic rings. The number of hydrogen-bond donors (Lipinski definition) is 0. The highest BCUT2D eigenvalue weighted by molar-refractivity contribution is 6.30. The number of carbonyl (C=O) groups excluding carboxylic acids is 3. The number of hydrazone groups is 1. The fraction of sp³-hybridized carbons (Fsp3) is 0.333. The number of allylic oxidation sites excluding steroid dienone is 1. The van der Waals surface area contributed by atoms with Gasteiger partial charge in [-0.25, -0.2) is 19.3 Å². The zero-order valence-electron chi connectivity index (χ0n) is 23.1. The first kappa shape index (κ1) is 29.5. The topological polar surface area (TPSA) is 116 Å². The summed E-state index contributed by atoms with van der Waals surface area (Å²) in [6, 6.07) is 14.5. The Morgan fingerprint density at radius 3 is 2.26 bits per heavy atom. The van der Waals surface area contributed by atoms with E-state index in [-0.39, 0.29) is 30.5 Å². The average molecular weight is 610 g/mol. The highest BCUT2D eigenvalue weighted by Gasteiger charge is 2.44. The molecule has 218 valence electrons. The summed E-state index contributed by atoms with van der Waals surface area (Å²) in [7, 11) is 0. The van der Waals surface area contributed by atoms with Crippen LogP contribution < -0.4 is 0 Å². The molecule has 2 heterocycles. The van der Waals surface area contributed by atoms with Crippen LogP contribution in [-0.4, -0.2) is 56.8 Å². The Bertz CT molecular complexity index is 1550. The SMILES string of the molecule is CCOC(=O)c1nnn(CC(=O)N2N=C3/C(=C/c4ccc(Cl)cc4)CCCC3C2c2ccc(Cl)cc2)c1C(=O)OCC. The van der Waals surface area contributed by atoms with Gasteiger partial charge in [-0.05, 0) is 80.2 Å². The van der Waals surface area contributed by atoms with Crippen molar-refractivity contribution >= 4 is 52.8 Å². The van der Waals surface area contributed by atoms with Gasteiger partial charge in [-0.3, -0.25) is 4.79 Å². The van der Waals surface area contributed by atoms with Crippen LogP contribution in [0.1, 0.15) is 71.3 Å². The molecule has 0 N–H and O–H groups in total. The Morgan fingerprint density at radius 1 is 0.952 bits per heavy atom. The van der Waals surface area contributed by atoms with Gasteiger partial charge < -0.3 is 9.47 Å². The molecule has 1 aromatic heterocycles. The number of aromatic nitrogens is 3. The van der Waals surface area contributed by atoms with Crippen molar-refractivity contribution in [1.29, 1.82) is 0 Å². The van der Waals surface area contributed by atoms with E-state index in [0.717, 1.165) is 46.4 Å². The molecule has 1 aliphatic heterocycles. The molecule has 5 rings (SSSR count). The van der Waals surface area contributed by atoms with E-state index in [9.17, 15) is 14.4 Å². The van der Waals surface area contributed by atoms with Crippen molar-refractivity contribution in [3.63, 3.8) is 0 Å². The molecule has 0 saturated heterocycles. The Morgan fingerprint density at radius 2 is 1.60 bits per heavy atom. The molecular weight excluding hydrogens is 581 g/mol. The summed E-state index contributed by atoms with van der Waals surface area (Å²) in [5.74, 6) is -2.16. The largest absolute Gasteiger partial charge is 0.461 e. The first-order valence-corrected chi connectivity index (χ1v) is 14.5. The number of carbonyl (C=O) groups is 3. The maximum absolute atomic E-state index is 14.0. The fourth-order valence-corrected chi connectivity index (χ4v) is 5.58. The van der Waals surface area contributed by atoms with Crippen molar-refractivity contribution in [1.82, 2.24) is 20.0 Å². The molecule has 1 amide bonds. The summed E-state index contributed by atoms with van der Waals surface area (Å²) in [5.41, 5.74) is 3.17. The van der Waals surface area contributed by atoms with Crippen LogP contribution in [0.25, 0.3) is 6.08 Å². The summed E-state index contributed by atoms with van der Waals surface area (Å²) in [6.07, 6.45) is 4.65. The molecule has 12 heteroatoms. The van der Waals surface area contributed by atoms with Crippen LogP contribution in [0.4, 0.5) is 0 Å². The Kier molecular flexibility index (Phi) is 9.03. The first-order chi connectivity index (χ1) is 20.3. The quantitative estimate of drug-likeness (QED) is 0.298. The minimum atomic E-state index is -0.831. The van der Waals surface area contributed by atoms with Crippen LogP contribution >= 0.6 is 23.2 Å². The fourth-order valence-electron chi connectivity index (χ4n) is 5.32. The lowest BCUT2D eigenvalue weighted by Gasteiger charge is -2.29. The van der Waals surface area contributed by atoms with E-state index in [4.69, 9.17) is 37.8 Å². The number of hydrogen-bond acceptors (Lipinski definition) is 8. The van der Waals surface area contributed by atoms with Gasteiger partial charge in [0.05, 0.1) is 25.0 Å². The summed E-state index contributed by atoms with van der Waals surface area (Å²) >= 11 is 12.3. The maximum Gasteiger partial charge on any atom is 0.361 e. The second kappa shape index (κ2) is 12.9. The molecule has 1 aliphatic carbocycles. The molecular formula is C30H29Cl2N5O5. The van der Waals surface area contributed by atoms with Gasteiger partial charge in [0, 0.05) is 16.0 Å². The molecule has 1 fully saturated rings. The highest BCUT2D eigenvalue weighted by Crippen LogP contribution is 2.44. The zero-order valence-corrected chi connectivity index (χ0v) is 24.6. The third-order valence-corrected chi connectivity index (χ3v) is 7.64. The highest BCUT2D eigenvalue weighted by atomic mass is 35.5. The minimum Gasteiger partial charge on any atom is -0.461 e. The van der Waals surface area contributed by atoms with E-state index in [1.807, 2.05) is 36.4 Å². The standard InChI is InChI=1S/C30H29Cl2N5O5/c1-3-41-29(39)26-28(30(40)42-4-2)36(35-33-26)17-24(38)37-27(19-10-14-22(32)15-11-19)23-7-5-6-20(25(23)34-37)16-18-8-12-21(31)13-9-18/h8-16,23,27H,3-7,17H2,1-2H3/b20-16+. The molecule has 2 unspecified atom stereocenters. The lowest BCUT2D eigenvalue weighted by molar-refractivity contribution is -0.134. The third-order valence-electron chi connectivity index (χ3n) is 7.14. The van der Waals surface area contributed by atoms with Crippen LogP contribution in [0.5, 0.6) is 0 Å². The summed E-state index contributed by atoms with van der Waals surface area (Å²) < 4.78 is 11.2. The number of ether oxygens (including phenoxy) is 2. The predicted octanol–water partition coefficient (Wildman–Crippen LogP) is 5.76. The van der Waals surface area contributed by atoms with Crippen LogP contribution in [0, 0.1) is 5.92 Å². The Hall–Kier alpha value is -4.02. The maximum atomic E-state index is 14.0. The Labute approximate surface area is 252 Å². The smallest absolute Gasteiger partial charge is 0.361 e.